The van der Waals surface area contributed by atoms with E-state index in [0.717, 1.165) is 31.2 Å². The van der Waals surface area contributed by atoms with Gasteiger partial charge >= 0.3 is 5.97 Å². The molecule has 2 amide bonds. The second kappa shape index (κ2) is 19.0. The molecule has 9 nitrogen and oxygen atoms in total. The van der Waals surface area contributed by atoms with Crippen LogP contribution < -0.4 is 5.48 Å². The first-order chi connectivity index (χ1) is 20.0. The number of ether oxygens (including phenoxy) is 3. The maximum Gasteiger partial charge on any atom is 0.332 e. The molecule has 0 radical (unpaired) electrons. The molecule has 1 N–H and O–H groups in total. The number of amides is 2. The topological polar surface area (TPSA) is 103 Å². The summed E-state index contributed by atoms with van der Waals surface area (Å²) >= 11 is 0. The van der Waals surface area contributed by atoms with Crippen molar-refractivity contribution in [2.45, 2.75) is 51.4 Å². The third-order valence-corrected chi connectivity index (χ3v) is 7.14. The SMILES string of the molecule is COCCOCCOCC(=O)N1CCC(CC(=O)ONC(=O)Cc2ccc(CCCCc3ccccc3)cc2)CC1. The molecule has 0 atom stereocenters. The van der Waals surface area contributed by atoms with Gasteiger partial charge in [-0.25, -0.2) is 4.79 Å². The highest BCUT2D eigenvalue weighted by atomic mass is 16.7. The van der Waals surface area contributed by atoms with Crippen LogP contribution in [0.2, 0.25) is 0 Å². The number of methoxy groups -OCH3 is 1. The van der Waals surface area contributed by atoms with Crippen molar-refractivity contribution in [2.75, 3.05) is 53.2 Å². The summed E-state index contributed by atoms with van der Waals surface area (Å²) in [6.07, 6.45) is 6.09. The van der Waals surface area contributed by atoms with E-state index < -0.39 is 5.97 Å². The number of piperidine rings is 1. The largest absolute Gasteiger partial charge is 0.382 e. The summed E-state index contributed by atoms with van der Waals surface area (Å²) in [6, 6.07) is 18.5. The number of carbonyl (C=O) groups is 3. The molecule has 3 rings (SSSR count). The number of nitrogens with one attached hydrogen (secondary N) is 1. The minimum atomic E-state index is -0.467. The third-order valence-electron chi connectivity index (χ3n) is 7.14. The van der Waals surface area contributed by atoms with E-state index in [9.17, 15) is 14.4 Å². The number of aryl methyl sites for hydroxylation is 2. The monoisotopic (exact) mass is 568 g/mol. The standard InChI is InChI=1S/C32H44N2O7/c1-38-19-20-39-21-22-40-25-31(36)34-17-15-29(16-18-34)24-32(37)41-33-30(35)23-28-13-11-27(12-14-28)10-6-5-9-26-7-3-2-4-8-26/h2-4,7-8,11-14,29H,5-6,9-10,15-25H2,1H3,(H,33,35). The summed E-state index contributed by atoms with van der Waals surface area (Å²) in [5.74, 6) is -0.783. The van der Waals surface area contributed by atoms with Gasteiger partial charge in [-0.15, -0.1) is 0 Å². The maximum absolute atomic E-state index is 12.3. The molecule has 1 heterocycles. The smallest absolute Gasteiger partial charge is 0.332 e. The summed E-state index contributed by atoms with van der Waals surface area (Å²) in [7, 11) is 1.61. The van der Waals surface area contributed by atoms with Gasteiger partial charge in [0.15, 0.2) is 0 Å². The first-order valence-corrected chi connectivity index (χ1v) is 14.6. The van der Waals surface area contributed by atoms with Crippen molar-refractivity contribution in [3.8, 4) is 0 Å². The first-order valence-electron chi connectivity index (χ1n) is 14.6. The number of likely N-dealkylation sites (tertiary alicyclic amines) is 1. The van der Waals surface area contributed by atoms with Gasteiger partial charge < -0.3 is 23.9 Å². The van der Waals surface area contributed by atoms with Crippen molar-refractivity contribution in [3.05, 3.63) is 71.3 Å². The van der Waals surface area contributed by atoms with Crippen LogP contribution in [0.1, 0.15) is 48.8 Å². The zero-order chi connectivity index (χ0) is 29.1. The highest BCUT2D eigenvalue weighted by Crippen LogP contribution is 2.21. The van der Waals surface area contributed by atoms with Crippen LogP contribution in [0.5, 0.6) is 0 Å². The molecule has 1 saturated heterocycles. The molecule has 0 spiro atoms. The van der Waals surface area contributed by atoms with E-state index in [-0.39, 0.29) is 37.2 Å². The number of nitrogens with zero attached hydrogens (tertiary/aromatic N) is 1. The Morgan fingerprint density at radius 3 is 2.10 bits per heavy atom. The van der Waals surface area contributed by atoms with Crippen molar-refractivity contribution >= 4 is 17.8 Å². The number of hydrogen-bond acceptors (Lipinski definition) is 7. The Morgan fingerprint density at radius 2 is 1.41 bits per heavy atom. The number of benzene rings is 2. The van der Waals surface area contributed by atoms with E-state index in [1.165, 1.54) is 11.1 Å². The minimum Gasteiger partial charge on any atom is -0.382 e. The Labute approximate surface area is 243 Å². The first kappa shape index (κ1) is 32.2. The lowest BCUT2D eigenvalue weighted by molar-refractivity contribution is -0.159. The number of unbranched alkanes of at least 4 members (excludes halogenated alkanes) is 1. The molecule has 0 unspecified atom stereocenters. The molecule has 2 aromatic carbocycles. The van der Waals surface area contributed by atoms with Gasteiger partial charge in [0.1, 0.15) is 6.61 Å². The van der Waals surface area contributed by atoms with Gasteiger partial charge in [-0.1, -0.05) is 54.6 Å². The molecule has 1 aliphatic heterocycles. The van der Waals surface area contributed by atoms with Crippen molar-refractivity contribution in [2.24, 2.45) is 5.92 Å². The predicted octanol–water partition coefficient (Wildman–Crippen LogP) is 3.68. The fourth-order valence-electron chi connectivity index (χ4n) is 4.74. The fraction of sp³-hybridized carbons (Fsp3) is 0.531. The van der Waals surface area contributed by atoms with Crippen molar-refractivity contribution in [1.82, 2.24) is 10.4 Å². The van der Waals surface area contributed by atoms with Gasteiger partial charge in [-0.3, -0.25) is 9.59 Å². The number of hydroxylamine groups is 1. The number of hydrogen-bond donors (Lipinski definition) is 1. The lowest BCUT2D eigenvalue weighted by Crippen LogP contribution is -2.41. The lowest BCUT2D eigenvalue weighted by atomic mass is 9.93. The summed E-state index contributed by atoms with van der Waals surface area (Å²) in [6.45, 7) is 2.95. The van der Waals surface area contributed by atoms with E-state index in [1.54, 1.807) is 12.0 Å². The summed E-state index contributed by atoms with van der Waals surface area (Å²) in [4.78, 5) is 43.6. The number of rotatable bonds is 17. The molecular weight excluding hydrogens is 524 g/mol. The van der Waals surface area contributed by atoms with Crippen LogP contribution in [0.25, 0.3) is 0 Å². The van der Waals surface area contributed by atoms with E-state index >= 15 is 0 Å². The molecule has 9 heteroatoms. The highest BCUT2D eigenvalue weighted by Gasteiger charge is 2.25. The highest BCUT2D eigenvalue weighted by molar-refractivity contribution is 5.80. The van der Waals surface area contributed by atoms with Gasteiger partial charge in [-0.05, 0) is 61.1 Å². The third kappa shape index (κ3) is 13.3. The average molecular weight is 569 g/mol. The Balaban J connectivity index is 1.22. The molecule has 0 bridgehead atoms. The minimum absolute atomic E-state index is 0.0177. The van der Waals surface area contributed by atoms with Crippen LogP contribution >= 0.6 is 0 Å². The quantitative estimate of drug-likeness (QED) is 0.229. The molecule has 1 aliphatic rings. The molecular formula is C32H44N2O7. The summed E-state index contributed by atoms with van der Waals surface area (Å²) in [5.41, 5.74) is 5.76. The van der Waals surface area contributed by atoms with Gasteiger partial charge in [-0.2, -0.15) is 5.48 Å². The molecule has 41 heavy (non-hydrogen) atoms. The van der Waals surface area contributed by atoms with Crippen molar-refractivity contribution in [1.29, 1.82) is 0 Å². The van der Waals surface area contributed by atoms with Gasteiger partial charge in [0.25, 0.3) is 5.91 Å². The Morgan fingerprint density at radius 1 is 0.805 bits per heavy atom. The lowest BCUT2D eigenvalue weighted by Gasteiger charge is -2.31. The molecule has 1 fully saturated rings. The van der Waals surface area contributed by atoms with E-state index in [0.29, 0.717) is 52.4 Å². The molecule has 0 aliphatic carbocycles. The molecule has 0 aromatic heterocycles. The zero-order valence-corrected chi connectivity index (χ0v) is 24.2. The van der Waals surface area contributed by atoms with Crippen molar-refractivity contribution < 1.29 is 33.4 Å². The predicted molar refractivity (Wildman–Crippen MR) is 155 cm³/mol. The summed E-state index contributed by atoms with van der Waals surface area (Å²) < 4.78 is 15.6. The van der Waals surface area contributed by atoms with Gasteiger partial charge in [0, 0.05) is 20.2 Å². The maximum atomic E-state index is 12.3. The van der Waals surface area contributed by atoms with Crippen LogP contribution in [-0.2, 0) is 52.7 Å². The van der Waals surface area contributed by atoms with E-state index in [4.69, 9.17) is 19.0 Å². The molecule has 224 valence electrons. The fourth-order valence-corrected chi connectivity index (χ4v) is 4.74. The van der Waals surface area contributed by atoms with Gasteiger partial charge in [0.2, 0.25) is 5.91 Å². The normalized spacial score (nSPS) is 13.6. The van der Waals surface area contributed by atoms with Crippen LogP contribution in [0.15, 0.2) is 54.6 Å². The Bertz CT molecular complexity index is 1040. The van der Waals surface area contributed by atoms with Crippen LogP contribution in [0.3, 0.4) is 0 Å². The van der Waals surface area contributed by atoms with Crippen LogP contribution in [0.4, 0.5) is 0 Å². The Kier molecular flexibility index (Phi) is 14.9. The van der Waals surface area contributed by atoms with E-state index in [1.807, 2.05) is 18.2 Å². The van der Waals surface area contributed by atoms with Crippen molar-refractivity contribution in [3.63, 3.8) is 0 Å². The average Bonchev–Trinajstić information content (AvgIpc) is 2.99. The molecule has 2 aromatic rings. The number of carbonyl (C=O) groups excluding carboxylic acids is 3. The summed E-state index contributed by atoms with van der Waals surface area (Å²) in [5, 5.41) is 0. The Hall–Kier alpha value is -3.27. The second-order valence-electron chi connectivity index (χ2n) is 10.4. The van der Waals surface area contributed by atoms with Gasteiger partial charge in [0.05, 0.1) is 39.3 Å². The molecule has 0 saturated carbocycles. The van der Waals surface area contributed by atoms with E-state index in [2.05, 4.69) is 41.9 Å². The second-order valence-corrected chi connectivity index (χ2v) is 10.4. The van der Waals surface area contributed by atoms with Crippen LogP contribution in [0, 0.1) is 5.92 Å². The zero-order valence-electron chi connectivity index (χ0n) is 24.2. The van der Waals surface area contributed by atoms with Crippen LogP contribution in [-0.4, -0.2) is 75.9 Å².